The molecule has 1 aliphatic rings. The van der Waals surface area contributed by atoms with Gasteiger partial charge in [0.1, 0.15) is 16.4 Å². The second-order valence-electron chi connectivity index (χ2n) is 4.43. The average molecular weight is 264 g/mol. The lowest BCUT2D eigenvalue weighted by atomic mass is 9.85. The Morgan fingerprint density at radius 1 is 1.33 bits per heavy atom. The molecule has 0 saturated heterocycles. The van der Waals surface area contributed by atoms with E-state index in [4.69, 9.17) is 11.6 Å². The van der Waals surface area contributed by atoms with E-state index in [1.54, 1.807) is 12.1 Å². The average Bonchev–Trinajstić information content (AvgIpc) is 2.25. The molecule has 1 aromatic heterocycles. The quantitative estimate of drug-likeness (QED) is 0.473. The van der Waals surface area contributed by atoms with Crippen molar-refractivity contribution in [2.75, 3.05) is 0 Å². The van der Waals surface area contributed by atoms with Gasteiger partial charge < -0.3 is 0 Å². The van der Waals surface area contributed by atoms with E-state index < -0.39 is 4.92 Å². The number of aromatic nitrogens is 2. The van der Waals surface area contributed by atoms with Crippen LogP contribution in [0.2, 0.25) is 5.15 Å². The molecule has 0 spiro atoms. The number of nitrogens with zero attached hydrogens (tertiary/aromatic N) is 3. The maximum atomic E-state index is 10.9. The molecule has 1 heterocycles. The van der Waals surface area contributed by atoms with Gasteiger partial charge in [-0.05, 0) is 18.9 Å². The first kappa shape index (κ1) is 11.3. The molecule has 0 radical (unpaired) electrons. The maximum Gasteiger partial charge on any atom is 0.281 e. The molecule has 18 heavy (non-hydrogen) atoms. The highest BCUT2D eigenvalue weighted by atomic mass is 35.5. The third-order valence-corrected chi connectivity index (χ3v) is 3.61. The summed E-state index contributed by atoms with van der Waals surface area (Å²) in [6.45, 7) is 0. The van der Waals surface area contributed by atoms with Crippen molar-refractivity contribution in [3.05, 3.63) is 39.3 Å². The highest BCUT2D eigenvalue weighted by Crippen LogP contribution is 2.37. The summed E-state index contributed by atoms with van der Waals surface area (Å²) in [6, 6.07) is 4.77. The molecule has 1 saturated carbocycles. The molecule has 1 fully saturated rings. The zero-order chi connectivity index (χ0) is 12.7. The van der Waals surface area contributed by atoms with Gasteiger partial charge >= 0.3 is 0 Å². The van der Waals surface area contributed by atoms with Crippen LogP contribution in [0.3, 0.4) is 0 Å². The minimum atomic E-state index is -0.458. The molecule has 92 valence electrons. The summed E-state index contributed by atoms with van der Waals surface area (Å²) >= 11 is 6.08. The lowest BCUT2D eigenvalue weighted by Crippen LogP contribution is -2.13. The van der Waals surface area contributed by atoms with Gasteiger partial charge in [0.05, 0.1) is 10.4 Å². The van der Waals surface area contributed by atoms with Crippen molar-refractivity contribution in [1.29, 1.82) is 0 Å². The maximum absolute atomic E-state index is 10.9. The summed E-state index contributed by atoms with van der Waals surface area (Å²) in [6.07, 6.45) is 3.31. The van der Waals surface area contributed by atoms with Crippen LogP contribution in [-0.2, 0) is 0 Å². The Bertz CT molecular complexity index is 641. The van der Waals surface area contributed by atoms with Crippen LogP contribution >= 0.6 is 11.6 Å². The zero-order valence-corrected chi connectivity index (χ0v) is 10.2. The van der Waals surface area contributed by atoms with Gasteiger partial charge in [-0.25, -0.2) is 9.97 Å². The van der Waals surface area contributed by atoms with Crippen LogP contribution in [0.25, 0.3) is 10.9 Å². The number of hydrogen-bond donors (Lipinski definition) is 0. The van der Waals surface area contributed by atoms with Crippen molar-refractivity contribution in [2.45, 2.75) is 25.2 Å². The normalized spacial score (nSPS) is 15.6. The molecule has 0 amide bonds. The number of fused-ring (bicyclic) bond motifs is 1. The molecule has 2 aromatic rings. The van der Waals surface area contributed by atoms with Crippen LogP contribution in [0.1, 0.15) is 31.0 Å². The SMILES string of the molecule is O=[N+]([O-])c1cccc2nc(C3CCC3)nc(Cl)c12. The molecule has 6 heteroatoms. The van der Waals surface area contributed by atoms with E-state index in [9.17, 15) is 10.1 Å². The molecule has 1 aliphatic carbocycles. The number of hydrogen-bond acceptors (Lipinski definition) is 4. The van der Waals surface area contributed by atoms with E-state index in [-0.39, 0.29) is 10.8 Å². The number of non-ortho nitro benzene ring substituents is 1. The molecular formula is C12H10ClN3O2. The first-order valence-corrected chi connectivity index (χ1v) is 6.15. The number of halogens is 1. The molecule has 0 atom stereocenters. The summed E-state index contributed by atoms with van der Waals surface area (Å²) in [4.78, 5) is 19.1. The summed E-state index contributed by atoms with van der Waals surface area (Å²) in [7, 11) is 0. The Morgan fingerprint density at radius 2 is 2.11 bits per heavy atom. The smallest absolute Gasteiger partial charge is 0.258 e. The van der Waals surface area contributed by atoms with E-state index in [1.807, 2.05) is 0 Å². The Labute approximate surface area is 108 Å². The van der Waals surface area contributed by atoms with Crippen molar-refractivity contribution in [3.63, 3.8) is 0 Å². The van der Waals surface area contributed by atoms with E-state index in [1.165, 1.54) is 12.5 Å². The van der Waals surface area contributed by atoms with Gasteiger partial charge in [-0.1, -0.05) is 24.1 Å². The van der Waals surface area contributed by atoms with Gasteiger partial charge in [0.25, 0.3) is 5.69 Å². The molecule has 3 rings (SSSR count). The van der Waals surface area contributed by atoms with E-state index >= 15 is 0 Å². The van der Waals surface area contributed by atoms with Gasteiger partial charge in [-0.15, -0.1) is 0 Å². The summed E-state index contributed by atoms with van der Waals surface area (Å²) in [5, 5.41) is 11.4. The minimum Gasteiger partial charge on any atom is -0.258 e. The summed E-state index contributed by atoms with van der Waals surface area (Å²) in [5.74, 6) is 1.06. The van der Waals surface area contributed by atoms with Crippen LogP contribution in [0.15, 0.2) is 18.2 Å². The molecule has 0 N–H and O–H groups in total. The van der Waals surface area contributed by atoms with Crippen LogP contribution in [0.4, 0.5) is 5.69 Å². The summed E-state index contributed by atoms with van der Waals surface area (Å²) < 4.78 is 0. The molecule has 0 unspecified atom stereocenters. The lowest BCUT2D eigenvalue weighted by molar-refractivity contribution is -0.383. The standard InChI is InChI=1S/C12H10ClN3O2/c13-11-10-8(5-2-6-9(10)16(17)18)14-12(15-11)7-3-1-4-7/h2,5-7H,1,3-4H2. The largest absolute Gasteiger partial charge is 0.281 e. The highest BCUT2D eigenvalue weighted by molar-refractivity contribution is 6.34. The Balaban J connectivity index is 2.23. The Hall–Kier alpha value is -1.75. The van der Waals surface area contributed by atoms with Crippen molar-refractivity contribution in [1.82, 2.24) is 9.97 Å². The van der Waals surface area contributed by atoms with Gasteiger partial charge in [0, 0.05) is 12.0 Å². The third-order valence-electron chi connectivity index (χ3n) is 3.34. The fraction of sp³-hybridized carbons (Fsp3) is 0.333. The van der Waals surface area contributed by atoms with E-state index in [0.29, 0.717) is 22.6 Å². The predicted octanol–water partition coefficient (Wildman–Crippen LogP) is 3.46. The fourth-order valence-corrected chi connectivity index (χ4v) is 2.42. The topological polar surface area (TPSA) is 68.9 Å². The highest BCUT2D eigenvalue weighted by Gasteiger charge is 2.25. The van der Waals surface area contributed by atoms with Crippen molar-refractivity contribution < 1.29 is 4.92 Å². The molecule has 1 aromatic carbocycles. The van der Waals surface area contributed by atoms with Gasteiger partial charge in [0.15, 0.2) is 0 Å². The van der Waals surface area contributed by atoms with Crippen molar-refractivity contribution in [3.8, 4) is 0 Å². The Kier molecular flexibility index (Phi) is 2.63. The first-order chi connectivity index (χ1) is 8.66. The number of benzene rings is 1. The van der Waals surface area contributed by atoms with Crippen molar-refractivity contribution >= 4 is 28.2 Å². The van der Waals surface area contributed by atoms with Gasteiger partial charge in [-0.2, -0.15) is 0 Å². The first-order valence-electron chi connectivity index (χ1n) is 5.77. The van der Waals surface area contributed by atoms with Crippen LogP contribution in [0, 0.1) is 10.1 Å². The Morgan fingerprint density at radius 3 is 2.72 bits per heavy atom. The van der Waals surface area contributed by atoms with Gasteiger partial charge in [-0.3, -0.25) is 10.1 Å². The summed E-state index contributed by atoms with van der Waals surface area (Å²) in [5.41, 5.74) is 0.503. The van der Waals surface area contributed by atoms with Crippen molar-refractivity contribution in [2.24, 2.45) is 0 Å². The van der Waals surface area contributed by atoms with E-state index in [2.05, 4.69) is 9.97 Å². The molecule has 5 nitrogen and oxygen atoms in total. The number of nitro benzene ring substituents is 1. The van der Waals surface area contributed by atoms with Crippen LogP contribution in [0.5, 0.6) is 0 Å². The third kappa shape index (κ3) is 1.71. The van der Waals surface area contributed by atoms with Crippen LogP contribution in [-0.4, -0.2) is 14.9 Å². The molecule has 0 bridgehead atoms. The lowest BCUT2D eigenvalue weighted by Gasteiger charge is -2.23. The number of rotatable bonds is 2. The zero-order valence-electron chi connectivity index (χ0n) is 9.47. The van der Waals surface area contributed by atoms with Crippen LogP contribution < -0.4 is 0 Å². The predicted molar refractivity (Wildman–Crippen MR) is 67.8 cm³/mol. The van der Waals surface area contributed by atoms with E-state index in [0.717, 1.165) is 12.8 Å². The monoisotopic (exact) mass is 263 g/mol. The second kappa shape index (κ2) is 4.17. The molecule has 0 aliphatic heterocycles. The molecular weight excluding hydrogens is 254 g/mol. The number of nitro groups is 1. The second-order valence-corrected chi connectivity index (χ2v) is 4.79. The minimum absolute atomic E-state index is 0.0438. The fourth-order valence-electron chi connectivity index (χ4n) is 2.14. The van der Waals surface area contributed by atoms with Gasteiger partial charge in [0.2, 0.25) is 0 Å².